The Labute approximate surface area is 61.4 Å². The van der Waals surface area contributed by atoms with Gasteiger partial charge >= 0.3 is 0 Å². The average molecular weight is 139 g/mol. The fourth-order valence-corrected chi connectivity index (χ4v) is 1.04. The summed E-state index contributed by atoms with van der Waals surface area (Å²) in [6, 6.07) is 0. The van der Waals surface area contributed by atoms with Crippen molar-refractivity contribution in [3.05, 3.63) is 23.6 Å². The van der Waals surface area contributed by atoms with Crippen LogP contribution in [0.2, 0.25) is 0 Å². The summed E-state index contributed by atoms with van der Waals surface area (Å²) in [6.45, 7) is 2.14. The van der Waals surface area contributed by atoms with Crippen molar-refractivity contribution in [1.82, 2.24) is 0 Å². The SMILES string of the molecule is COC1=C(N)C=CC(C)C1. The van der Waals surface area contributed by atoms with Gasteiger partial charge in [-0.05, 0) is 12.0 Å². The molecule has 0 aromatic rings. The zero-order valence-electron chi connectivity index (χ0n) is 6.42. The highest BCUT2D eigenvalue weighted by atomic mass is 16.5. The molecule has 0 bridgehead atoms. The van der Waals surface area contributed by atoms with Crippen molar-refractivity contribution in [2.24, 2.45) is 11.7 Å². The molecule has 0 amide bonds. The van der Waals surface area contributed by atoms with E-state index < -0.39 is 0 Å². The molecular formula is C8H13NO. The van der Waals surface area contributed by atoms with Crippen LogP contribution in [0.25, 0.3) is 0 Å². The second-order valence-electron chi connectivity index (χ2n) is 2.62. The largest absolute Gasteiger partial charge is 0.499 e. The molecule has 0 spiro atoms. The molecule has 1 atom stereocenters. The third-order valence-electron chi connectivity index (χ3n) is 1.68. The van der Waals surface area contributed by atoms with E-state index in [0.29, 0.717) is 5.92 Å². The van der Waals surface area contributed by atoms with Crippen LogP contribution in [0, 0.1) is 5.92 Å². The van der Waals surface area contributed by atoms with E-state index in [0.717, 1.165) is 17.9 Å². The third kappa shape index (κ3) is 1.32. The molecule has 1 aliphatic carbocycles. The van der Waals surface area contributed by atoms with Gasteiger partial charge in [-0.25, -0.2) is 0 Å². The highest BCUT2D eigenvalue weighted by Gasteiger charge is 2.10. The normalized spacial score (nSPS) is 25.2. The Hall–Kier alpha value is -0.920. The van der Waals surface area contributed by atoms with Crippen LogP contribution in [-0.4, -0.2) is 7.11 Å². The van der Waals surface area contributed by atoms with Gasteiger partial charge in [0, 0.05) is 6.42 Å². The van der Waals surface area contributed by atoms with Crippen molar-refractivity contribution in [3.63, 3.8) is 0 Å². The van der Waals surface area contributed by atoms with E-state index in [4.69, 9.17) is 10.5 Å². The maximum atomic E-state index is 5.62. The molecule has 2 heteroatoms. The first-order valence-corrected chi connectivity index (χ1v) is 3.45. The van der Waals surface area contributed by atoms with Gasteiger partial charge in [-0.1, -0.05) is 13.0 Å². The first-order valence-electron chi connectivity index (χ1n) is 3.45. The van der Waals surface area contributed by atoms with Crippen LogP contribution in [0.5, 0.6) is 0 Å². The predicted molar refractivity (Wildman–Crippen MR) is 41.1 cm³/mol. The third-order valence-corrected chi connectivity index (χ3v) is 1.68. The molecule has 0 fully saturated rings. The molecule has 0 aromatic carbocycles. The van der Waals surface area contributed by atoms with Gasteiger partial charge in [-0.15, -0.1) is 0 Å². The van der Waals surface area contributed by atoms with E-state index in [1.54, 1.807) is 7.11 Å². The quantitative estimate of drug-likeness (QED) is 0.596. The zero-order chi connectivity index (χ0) is 7.56. The van der Waals surface area contributed by atoms with E-state index >= 15 is 0 Å². The maximum absolute atomic E-state index is 5.62. The van der Waals surface area contributed by atoms with Gasteiger partial charge < -0.3 is 10.5 Å². The predicted octanol–water partition coefficient (Wildman–Crippen LogP) is 1.40. The first kappa shape index (κ1) is 7.19. The van der Waals surface area contributed by atoms with Crippen molar-refractivity contribution >= 4 is 0 Å². The van der Waals surface area contributed by atoms with E-state index in [9.17, 15) is 0 Å². The molecule has 2 nitrogen and oxygen atoms in total. The molecule has 2 N–H and O–H groups in total. The van der Waals surface area contributed by atoms with Gasteiger partial charge in [0.05, 0.1) is 12.8 Å². The van der Waals surface area contributed by atoms with Crippen LogP contribution >= 0.6 is 0 Å². The van der Waals surface area contributed by atoms with Crippen LogP contribution < -0.4 is 5.73 Å². The minimum absolute atomic E-state index is 0.558. The summed E-state index contributed by atoms with van der Waals surface area (Å²) >= 11 is 0. The first-order chi connectivity index (χ1) is 4.74. The number of allylic oxidation sites excluding steroid dienone is 3. The van der Waals surface area contributed by atoms with Gasteiger partial charge in [0.1, 0.15) is 5.76 Å². The van der Waals surface area contributed by atoms with Crippen molar-refractivity contribution in [1.29, 1.82) is 0 Å². The Morgan fingerprint density at radius 2 is 2.40 bits per heavy atom. The van der Waals surface area contributed by atoms with E-state index in [-0.39, 0.29) is 0 Å². The van der Waals surface area contributed by atoms with Gasteiger partial charge in [0.15, 0.2) is 0 Å². The van der Waals surface area contributed by atoms with E-state index in [2.05, 4.69) is 13.0 Å². The Balaban J connectivity index is 2.74. The van der Waals surface area contributed by atoms with Gasteiger partial charge in [-0.2, -0.15) is 0 Å². The average Bonchev–Trinajstić information content (AvgIpc) is 1.94. The summed E-state index contributed by atoms with van der Waals surface area (Å²) in [6.07, 6.45) is 4.93. The molecule has 0 aromatic heterocycles. The molecular weight excluding hydrogens is 126 g/mol. The molecule has 0 aliphatic heterocycles. The molecule has 0 heterocycles. The van der Waals surface area contributed by atoms with Gasteiger partial charge in [0.25, 0.3) is 0 Å². The van der Waals surface area contributed by atoms with Crippen LogP contribution in [0.4, 0.5) is 0 Å². The topological polar surface area (TPSA) is 35.2 Å². The van der Waals surface area contributed by atoms with Crippen molar-refractivity contribution in [2.75, 3.05) is 7.11 Å². The number of ether oxygens (including phenoxy) is 1. The highest BCUT2D eigenvalue weighted by molar-refractivity contribution is 5.24. The van der Waals surface area contributed by atoms with Crippen LogP contribution in [0.15, 0.2) is 23.6 Å². The Morgan fingerprint density at radius 1 is 1.70 bits per heavy atom. The molecule has 0 saturated heterocycles. The summed E-state index contributed by atoms with van der Waals surface area (Å²) < 4.78 is 5.08. The zero-order valence-corrected chi connectivity index (χ0v) is 6.42. The number of rotatable bonds is 1. The Morgan fingerprint density at radius 3 is 2.90 bits per heavy atom. The lowest BCUT2D eigenvalue weighted by atomic mass is 10.0. The molecule has 1 aliphatic rings. The monoisotopic (exact) mass is 139 g/mol. The number of methoxy groups -OCH3 is 1. The lowest BCUT2D eigenvalue weighted by molar-refractivity contribution is 0.262. The molecule has 56 valence electrons. The number of nitrogens with two attached hydrogens (primary N) is 1. The van der Waals surface area contributed by atoms with Crippen molar-refractivity contribution in [3.8, 4) is 0 Å². The minimum Gasteiger partial charge on any atom is -0.499 e. The summed E-state index contributed by atoms with van der Waals surface area (Å²) in [7, 11) is 1.66. The fraction of sp³-hybridized carbons (Fsp3) is 0.500. The summed E-state index contributed by atoms with van der Waals surface area (Å²) in [4.78, 5) is 0. The highest BCUT2D eigenvalue weighted by Crippen LogP contribution is 2.20. The molecule has 0 radical (unpaired) electrons. The summed E-state index contributed by atoms with van der Waals surface area (Å²) in [5, 5.41) is 0. The van der Waals surface area contributed by atoms with E-state index in [1.807, 2.05) is 6.08 Å². The maximum Gasteiger partial charge on any atom is 0.119 e. The van der Waals surface area contributed by atoms with Crippen LogP contribution in [-0.2, 0) is 4.74 Å². The second-order valence-corrected chi connectivity index (χ2v) is 2.62. The summed E-state index contributed by atoms with van der Waals surface area (Å²) in [5.74, 6) is 1.47. The lowest BCUT2D eigenvalue weighted by Gasteiger charge is -2.15. The minimum atomic E-state index is 0.558. The van der Waals surface area contributed by atoms with E-state index in [1.165, 1.54) is 0 Å². The van der Waals surface area contributed by atoms with Crippen LogP contribution in [0.1, 0.15) is 13.3 Å². The van der Waals surface area contributed by atoms with Crippen molar-refractivity contribution < 1.29 is 4.74 Å². The van der Waals surface area contributed by atoms with Crippen molar-refractivity contribution in [2.45, 2.75) is 13.3 Å². The number of hydrogen-bond donors (Lipinski definition) is 1. The molecule has 1 rings (SSSR count). The molecule has 1 unspecified atom stereocenters. The second kappa shape index (κ2) is 2.78. The van der Waals surface area contributed by atoms with Gasteiger partial charge in [0.2, 0.25) is 0 Å². The Bertz CT molecular complexity index is 182. The van der Waals surface area contributed by atoms with Gasteiger partial charge in [-0.3, -0.25) is 0 Å². The van der Waals surface area contributed by atoms with Crippen LogP contribution in [0.3, 0.4) is 0 Å². The standard InChI is InChI=1S/C8H13NO/c1-6-3-4-7(9)8(5-6)10-2/h3-4,6H,5,9H2,1-2H3. The molecule has 10 heavy (non-hydrogen) atoms. The molecule has 0 saturated carbocycles. The summed E-state index contributed by atoms with van der Waals surface area (Å²) in [5.41, 5.74) is 6.38. The smallest absolute Gasteiger partial charge is 0.119 e. The number of hydrogen-bond acceptors (Lipinski definition) is 2. The fourth-order valence-electron chi connectivity index (χ4n) is 1.04. The lowest BCUT2D eigenvalue weighted by Crippen LogP contribution is -2.09. The Kier molecular flexibility index (Phi) is 2.00.